The predicted octanol–water partition coefficient (Wildman–Crippen LogP) is 1.08. The highest BCUT2D eigenvalue weighted by atomic mass is 32.2. The second-order valence-electron chi connectivity index (χ2n) is 21.5. The zero-order valence-electron chi connectivity index (χ0n) is 48.0. The Morgan fingerprint density at radius 1 is 0.659 bits per heavy atom. The number of hydrogen-bond donors (Lipinski definition) is 12. The van der Waals surface area contributed by atoms with E-state index < -0.39 is 144 Å². The van der Waals surface area contributed by atoms with E-state index in [1.54, 1.807) is 6.26 Å². The summed E-state index contributed by atoms with van der Waals surface area (Å²) in [7, 11) is 0. The molecule has 16 N–H and O–H groups in total. The minimum Gasteiger partial charge on any atom is -0.508 e. The second kappa shape index (κ2) is 37.1. The topological polar surface area (TPSA) is 442 Å². The number of aliphatic imine (C=N–C) groups is 1. The molecule has 5 amide bonds. The van der Waals surface area contributed by atoms with Crippen LogP contribution < -0.4 is 44.2 Å². The first-order valence-corrected chi connectivity index (χ1v) is 29.1. The number of carboxylic acid groups (broad SMARTS) is 1. The number of nitrogens with one attached hydrogen (secondary N) is 5. The maximum absolute atomic E-state index is 14.7. The smallest absolute Gasteiger partial charge is 0.305 e. The fraction of sp³-hybridized carbons (Fsp3) is 0.625. The van der Waals surface area contributed by atoms with Crippen molar-refractivity contribution in [3.8, 4) is 5.75 Å². The molecule has 0 bridgehead atoms. The number of phenolic OH excluding ortho intramolecular Hbond substituents is 1. The largest absolute Gasteiger partial charge is 0.508 e. The molecule has 1 heterocycles. The zero-order valence-corrected chi connectivity index (χ0v) is 48.8. The van der Waals surface area contributed by atoms with E-state index in [0.717, 1.165) is 0 Å². The van der Waals surface area contributed by atoms with Gasteiger partial charge in [-0.1, -0.05) is 39.3 Å². The maximum atomic E-state index is 14.7. The number of guanidine groups is 1. The van der Waals surface area contributed by atoms with Crippen LogP contribution in [-0.2, 0) is 65.6 Å². The molecule has 0 spiro atoms. The number of imidazole rings is 1. The number of phenols is 1. The Kier molecular flexibility index (Phi) is 32.2. The van der Waals surface area contributed by atoms with Crippen molar-refractivity contribution in [3.63, 3.8) is 0 Å². The first-order chi connectivity index (χ1) is 38.6. The monoisotopic (exact) mass is 1170 g/mol. The molecule has 82 heavy (non-hydrogen) atoms. The highest BCUT2D eigenvalue weighted by Crippen LogP contribution is 2.23. The van der Waals surface area contributed by atoms with Gasteiger partial charge in [0.1, 0.15) is 11.5 Å². The van der Waals surface area contributed by atoms with Gasteiger partial charge >= 0.3 is 5.97 Å². The molecular formula is C56H87N11O14S. The molecule has 26 heteroatoms. The van der Waals surface area contributed by atoms with Crippen LogP contribution in [0, 0.1) is 35.5 Å². The van der Waals surface area contributed by atoms with Crippen molar-refractivity contribution in [2.45, 2.75) is 161 Å². The number of H-pyrrole nitrogens is 1. The third-order valence-electron chi connectivity index (χ3n) is 13.8. The SMILES string of the molecule is CSCC[C@H](NC(=O)[C@H](C)CC(C)=O)C(=O)C[C@H](C(=O)N[C@@H](CC(=O)O)C(=O)C[C@@H](CCCCN)C(=O)N[C@@H](Cc1ccc(O)cc1)C(=O)C[C@@H](CCCN=C(N)N)C(=O)N[C@@H](CC(C)C)C(=O)C[C@@H](Cc1cnc[nH]1)C(N)=O)[C@@H](C)O. The van der Waals surface area contributed by atoms with Gasteiger partial charge in [0.15, 0.2) is 29.1 Å². The molecule has 10 atom stereocenters. The number of amides is 5. The van der Waals surface area contributed by atoms with Gasteiger partial charge in [-0.25, -0.2) is 4.98 Å². The second-order valence-corrected chi connectivity index (χ2v) is 22.5. The number of rotatable bonds is 43. The van der Waals surface area contributed by atoms with Crippen LogP contribution in [0.3, 0.4) is 0 Å². The lowest BCUT2D eigenvalue weighted by Crippen LogP contribution is -2.50. The Morgan fingerprint density at radius 3 is 1.73 bits per heavy atom. The fourth-order valence-electron chi connectivity index (χ4n) is 9.18. The summed E-state index contributed by atoms with van der Waals surface area (Å²) in [5.74, 6) is -13.9. The van der Waals surface area contributed by atoms with Crippen LogP contribution in [0.1, 0.15) is 129 Å². The van der Waals surface area contributed by atoms with Gasteiger partial charge in [0.05, 0.1) is 54.9 Å². The van der Waals surface area contributed by atoms with Crippen LogP contribution in [0.15, 0.2) is 41.8 Å². The van der Waals surface area contributed by atoms with Crippen LogP contribution in [-0.4, -0.2) is 151 Å². The molecule has 0 saturated carbocycles. The van der Waals surface area contributed by atoms with Crippen LogP contribution in [0.4, 0.5) is 0 Å². The summed E-state index contributed by atoms with van der Waals surface area (Å²) in [4.78, 5) is 160. The van der Waals surface area contributed by atoms with Crippen molar-refractivity contribution in [2.24, 2.45) is 63.4 Å². The van der Waals surface area contributed by atoms with E-state index in [1.165, 1.54) is 69.3 Å². The van der Waals surface area contributed by atoms with Gasteiger partial charge in [0, 0.05) is 74.7 Å². The van der Waals surface area contributed by atoms with Crippen LogP contribution in [0.25, 0.3) is 0 Å². The molecule has 456 valence electrons. The number of aromatic nitrogens is 2. The average Bonchev–Trinajstić information content (AvgIpc) is 3.96. The molecule has 0 unspecified atom stereocenters. The van der Waals surface area contributed by atoms with E-state index in [2.05, 4.69) is 36.2 Å². The number of ketones is 5. The Labute approximate surface area is 483 Å². The van der Waals surface area contributed by atoms with Crippen molar-refractivity contribution in [1.29, 1.82) is 0 Å². The number of aromatic amines is 1. The van der Waals surface area contributed by atoms with Crippen molar-refractivity contribution < 1.29 is 68.1 Å². The van der Waals surface area contributed by atoms with E-state index in [9.17, 15) is 68.1 Å². The quantitative estimate of drug-likeness (QED) is 0.0251. The van der Waals surface area contributed by atoms with Crippen LogP contribution in [0.2, 0.25) is 0 Å². The Hall–Kier alpha value is -7.06. The number of hydrogen-bond acceptors (Lipinski definition) is 17. The van der Waals surface area contributed by atoms with Gasteiger partial charge in [-0.2, -0.15) is 11.8 Å². The Bertz CT molecular complexity index is 2470. The van der Waals surface area contributed by atoms with E-state index >= 15 is 0 Å². The highest BCUT2D eigenvalue weighted by Gasteiger charge is 2.37. The van der Waals surface area contributed by atoms with Crippen LogP contribution >= 0.6 is 11.8 Å². The molecule has 25 nitrogen and oxygen atoms in total. The lowest BCUT2D eigenvalue weighted by atomic mass is 9.88. The van der Waals surface area contributed by atoms with Crippen LogP contribution in [0.5, 0.6) is 5.75 Å². The van der Waals surface area contributed by atoms with Gasteiger partial charge in [0.25, 0.3) is 0 Å². The molecule has 0 radical (unpaired) electrons. The molecule has 1 aromatic carbocycles. The number of carbonyl (C=O) groups excluding carboxylic acids is 10. The third kappa shape index (κ3) is 27.1. The lowest BCUT2D eigenvalue weighted by molar-refractivity contribution is -0.142. The average molecular weight is 1170 g/mol. The molecule has 2 aromatic rings. The first-order valence-electron chi connectivity index (χ1n) is 27.7. The summed E-state index contributed by atoms with van der Waals surface area (Å²) in [6.45, 7) is 8.02. The molecule has 1 aromatic heterocycles. The van der Waals surface area contributed by atoms with E-state index in [1.807, 2.05) is 13.8 Å². The minimum absolute atomic E-state index is 0.00120. The number of aliphatic hydroxyl groups is 1. The minimum atomic E-state index is -1.78. The summed E-state index contributed by atoms with van der Waals surface area (Å²) in [6.07, 6.45) is 1.19. The molecule has 0 saturated heterocycles. The molecule has 0 aliphatic heterocycles. The normalized spacial score (nSPS) is 14.9. The molecule has 0 fully saturated rings. The lowest BCUT2D eigenvalue weighted by Gasteiger charge is -2.27. The van der Waals surface area contributed by atoms with Crippen molar-refractivity contribution in [3.05, 3.63) is 48.0 Å². The van der Waals surface area contributed by atoms with E-state index in [0.29, 0.717) is 29.9 Å². The van der Waals surface area contributed by atoms with Crippen molar-refractivity contribution in [1.82, 2.24) is 31.2 Å². The third-order valence-corrected chi connectivity index (χ3v) is 14.4. The van der Waals surface area contributed by atoms with Gasteiger partial charge in [-0.05, 0) is 101 Å². The predicted molar refractivity (Wildman–Crippen MR) is 307 cm³/mol. The number of carbonyl (C=O) groups is 11. The number of aliphatic hydroxyl groups excluding tert-OH is 1. The fourth-order valence-corrected chi connectivity index (χ4v) is 9.66. The number of Topliss-reactive ketones (excluding diaryl/α,β-unsaturated/α-hetero) is 5. The molecule has 0 aliphatic rings. The van der Waals surface area contributed by atoms with Crippen molar-refractivity contribution in [2.75, 3.05) is 25.1 Å². The highest BCUT2D eigenvalue weighted by molar-refractivity contribution is 7.98. The number of thioether (sulfide) groups is 1. The number of primary amides is 1. The number of carboxylic acids is 1. The summed E-state index contributed by atoms with van der Waals surface area (Å²) in [5.41, 5.74) is 23.7. The number of aliphatic carboxylic acids is 1. The van der Waals surface area contributed by atoms with Gasteiger partial charge in [-0.3, -0.25) is 52.9 Å². The zero-order chi connectivity index (χ0) is 61.6. The van der Waals surface area contributed by atoms with Gasteiger partial charge in [-0.15, -0.1) is 0 Å². The van der Waals surface area contributed by atoms with E-state index in [-0.39, 0.29) is 94.3 Å². The maximum Gasteiger partial charge on any atom is 0.305 e. The number of unbranched alkanes of at least 4 members (excludes halogenated alkanes) is 1. The number of benzene rings is 1. The standard InChI is InChI=1S/C56H87N11O14S/c1-31(2)20-43(48(73)26-38(51(58)77)23-39-29-61-30-63-39)65-54(80)37(11-9-18-62-56(59)60)25-46(71)44(22-35-12-14-40(70)15-13-35)66-53(79)36(10-7-8-17-57)24-47(72)45(28-50(75)76)67-55(81)41(34(5)69)27-49(74)42(16-19-82-6)64-52(78)32(3)21-33(4)68/h12-15,29-32,34,36-38,41-45,69-70H,7-11,16-28,57H2,1-6H3,(H2,58,77)(H,61,63)(H,64,78)(H,65,80)(H,66,79)(H,67,81)(H,75,76)(H4,59,60,62)/t32-,34-,36-,37-,38-,41+,42+,43+,44+,45+/m1/s1. The number of nitrogens with two attached hydrogens (primary N) is 4. The van der Waals surface area contributed by atoms with Gasteiger partial charge < -0.3 is 69.3 Å². The molecule has 0 aliphatic carbocycles. The van der Waals surface area contributed by atoms with Gasteiger partial charge in [0.2, 0.25) is 29.5 Å². The summed E-state index contributed by atoms with van der Waals surface area (Å²) < 4.78 is 0. The Balaban J connectivity index is 2.54. The summed E-state index contributed by atoms with van der Waals surface area (Å²) >= 11 is 1.39. The number of aromatic hydroxyl groups is 1. The summed E-state index contributed by atoms with van der Waals surface area (Å²) in [6, 6.07) is 0.398. The van der Waals surface area contributed by atoms with Crippen molar-refractivity contribution >= 4 is 82.1 Å². The molecular weight excluding hydrogens is 1080 g/mol. The van der Waals surface area contributed by atoms with E-state index in [4.69, 9.17) is 22.9 Å². The summed E-state index contributed by atoms with van der Waals surface area (Å²) in [5, 5.41) is 41.4. The molecule has 2 rings (SSSR count). The Morgan fingerprint density at radius 2 is 1.21 bits per heavy atom. The first kappa shape index (κ1) is 71.0. The number of nitrogens with zero attached hydrogens (tertiary/aromatic N) is 2.